The van der Waals surface area contributed by atoms with E-state index in [2.05, 4.69) is 4.37 Å². The first-order valence-electron chi connectivity index (χ1n) is 2.99. The van der Waals surface area contributed by atoms with Crippen LogP contribution in [-0.4, -0.2) is 4.37 Å². The monoisotopic (exact) mass is 231 g/mol. The summed E-state index contributed by atoms with van der Waals surface area (Å²) >= 11 is 2.72. The average Bonchev–Trinajstić information content (AvgIpc) is 2.45. The molecule has 0 amide bonds. The first-order chi connectivity index (χ1) is 6.29. The minimum atomic E-state index is 0.296. The zero-order valence-electron chi connectivity index (χ0n) is 6.18. The summed E-state index contributed by atoms with van der Waals surface area (Å²) < 4.78 is 3.36. The quantitative estimate of drug-likeness (QED) is 0.481. The van der Waals surface area contributed by atoms with E-state index >= 15 is 0 Å². The Kier molecular flexibility index (Phi) is 3.83. The maximum Gasteiger partial charge on any atom is 0.276 e. The molecule has 0 radical (unpaired) electrons. The second-order valence-corrected chi connectivity index (χ2v) is 4.07. The van der Waals surface area contributed by atoms with Gasteiger partial charge in [-0.15, -0.1) is 0 Å². The highest BCUT2D eigenvalue weighted by Gasteiger charge is 2.18. The van der Waals surface area contributed by atoms with Gasteiger partial charge in [0.2, 0.25) is 10.7 Å². The van der Waals surface area contributed by atoms with Crippen LogP contribution in [0, 0.1) is 26.2 Å². The van der Waals surface area contributed by atoms with Gasteiger partial charge in [-0.1, -0.05) is 0 Å². The minimum absolute atomic E-state index is 0.296. The van der Waals surface area contributed by atoms with Gasteiger partial charge in [0, 0.05) is 11.8 Å². The third-order valence-electron chi connectivity index (χ3n) is 1.12. The van der Waals surface area contributed by atoms with Gasteiger partial charge in [0.05, 0.1) is 9.57 Å². The molecule has 5 nitrogen and oxygen atoms in total. The van der Waals surface area contributed by atoms with Gasteiger partial charge in [-0.2, -0.15) is 14.9 Å². The van der Waals surface area contributed by atoms with Crippen LogP contribution in [0.4, 0.5) is 0 Å². The van der Waals surface area contributed by atoms with E-state index in [0.717, 1.165) is 35.3 Å². The molecule has 0 spiro atoms. The van der Waals surface area contributed by atoms with Crippen LogP contribution in [-0.2, 0) is 5.75 Å². The number of aromatic amines is 1. The van der Waals surface area contributed by atoms with E-state index in [1.165, 1.54) is 0 Å². The van der Waals surface area contributed by atoms with Crippen molar-refractivity contribution in [3.05, 3.63) is 10.6 Å². The molecule has 66 valence electrons. The summed E-state index contributed by atoms with van der Waals surface area (Å²) in [5, 5.41) is 20.9. The SMILES string of the molecule is N#CSCc1c(SC#N)[nH]s[n+]1=O. The van der Waals surface area contributed by atoms with Gasteiger partial charge in [0.1, 0.15) is 10.8 Å². The third kappa shape index (κ3) is 2.49. The molecule has 0 atom stereocenters. The van der Waals surface area contributed by atoms with Crippen LogP contribution in [0.3, 0.4) is 0 Å². The predicted molar refractivity (Wildman–Crippen MR) is 50.4 cm³/mol. The highest BCUT2D eigenvalue weighted by Crippen LogP contribution is 2.20. The molecule has 0 aliphatic heterocycles. The predicted octanol–water partition coefficient (Wildman–Crippen LogP) is 1.28. The Morgan fingerprint density at radius 1 is 1.54 bits per heavy atom. The summed E-state index contributed by atoms with van der Waals surface area (Å²) in [6.07, 6.45) is 0. The lowest BCUT2D eigenvalue weighted by atomic mass is 10.6. The van der Waals surface area contributed by atoms with Gasteiger partial charge in [0.15, 0.2) is 0 Å². The Morgan fingerprint density at radius 2 is 2.31 bits per heavy atom. The maximum absolute atomic E-state index is 11.1. The summed E-state index contributed by atoms with van der Waals surface area (Å²) in [6.45, 7) is 0. The Hall–Kier alpha value is -0.960. The van der Waals surface area contributed by atoms with Crippen molar-refractivity contribution in [3.8, 4) is 10.8 Å². The number of aromatic nitrogens is 2. The summed E-state index contributed by atoms with van der Waals surface area (Å²) in [5.74, 6) is 0.296. The van der Waals surface area contributed by atoms with Gasteiger partial charge in [-0.05, 0) is 16.7 Å². The number of nitrogens with one attached hydrogen (secondary N) is 1. The Bertz CT molecular complexity index is 422. The summed E-state index contributed by atoms with van der Waals surface area (Å²) in [7, 11) is 0. The normalized spacial score (nSPS) is 9.08. The third-order valence-corrected chi connectivity index (χ3v) is 3.12. The molecule has 0 aliphatic rings. The zero-order valence-corrected chi connectivity index (χ0v) is 8.63. The topological polar surface area (TPSA) is 86.3 Å². The van der Waals surface area contributed by atoms with Crippen molar-refractivity contribution in [3.63, 3.8) is 0 Å². The van der Waals surface area contributed by atoms with Crippen molar-refractivity contribution in [2.45, 2.75) is 10.8 Å². The van der Waals surface area contributed by atoms with Gasteiger partial charge >= 0.3 is 0 Å². The van der Waals surface area contributed by atoms with Crippen molar-refractivity contribution < 1.29 is 3.82 Å². The van der Waals surface area contributed by atoms with E-state index in [1.807, 2.05) is 10.8 Å². The molecule has 0 fully saturated rings. The van der Waals surface area contributed by atoms with Crippen LogP contribution < -0.4 is 3.82 Å². The van der Waals surface area contributed by atoms with E-state index < -0.39 is 0 Å². The number of thioether (sulfide) groups is 2. The lowest BCUT2D eigenvalue weighted by molar-refractivity contribution is -0.425. The first-order valence-corrected chi connectivity index (χ1v) is 5.57. The van der Waals surface area contributed by atoms with E-state index in [0.29, 0.717) is 20.3 Å². The first kappa shape index (κ1) is 10.1. The van der Waals surface area contributed by atoms with Crippen molar-refractivity contribution in [2.75, 3.05) is 0 Å². The molecule has 8 heteroatoms. The standard InChI is InChI=1S/C5H3N4OS3/c6-2-11-1-4-5(12-3-7)8-13-9(4)10/h8H,1H2/q+1. The highest BCUT2D eigenvalue weighted by molar-refractivity contribution is 8.04. The van der Waals surface area contributed by atoms with Gasteiger partial charge in [-0.3, -0.25) is 0 Å². The van der Waals surface area contributed by atoms with E-state index in [-0.39, 0.29) is 0 Å². The number of nitrogens with zero attached hydrogens (tertiary/aromatic N) is 3. The second-order valence-electron chi connectivity index (χ2n) is 1.80. The molecule has 1 rings (SSSR count). The van der Waals surface area contributed by atoms with Gasteiger partial charge < -0.3 is 0 Å². The van der Waals surface area contributed by atoms with E-state index in [4.69, 9.17) is 10.5 Å². The lowest BCUT2D eigenvalue weighted by Gasteiger charge is -1.83. The van der Waals surface area contributed by atoms with Crippen LogP contribution >= 0.6 is 35.3 Å². The number of nitriles is 2. The molecule has 0 saturated carbocycles. The van der Waals surface area contributed by atoms with E-state index in [1.54, 1.807) is 0 Å². The fraction of sp³-hybridized carbons (Fsp3) is 0.200. The van der Waals surface area contributed by atoms with Gasteiger partial charge in [0.25, 0.3) is 11.7 Å². The molecule has 1 heterocycles. The van der Waals surface area contributed by atoms with Crippen molar-refractivity contribution >= 4 is 35.3 Å². The fourth-order valence-electron chi connectivity index (χ4n) is 0.624. The van der Waals surface area contributed by atoms with Gasteiger partial charge in [-0.25, -0.2) is 0 Å². The molecule has 0 aliphatic carbocycles. The lowest BCUT2D eigenvalue weighted by Crippen LogP contribution is -2.12. The Labute approximate surface area is 86.3 Å². The molecule has 13 heavy (non-hydrogen) atoms. The zero-order chi connectivity index (χ0) is 9.68. The number of hydrogen-bond acceptors (Lipinski definition) is 6. The molecule has 1 aromatic rings. The fourth-order valence-corrected chi connectivity index (χ4v) is 2.51. The molecule has 1 aromatic heterocycles. The van der Waals surface area contributed by atoms with Crippen molar-refractivity contribution in [1.82, 2.24) is 4.37 Å². The summed E-state index contributed by atoms with van der Waals surface area (Å²) in [5.41, 5.74) is 0.433. The van der Waals surface area contributed by atoms with Crippen LogP contribution in [0.15, 0.2) is 5.03 Å². The molecule has 0 bridgehead atoms. The van der Waals surface area contributed by atoms with E-state index in [9.17, 15) is 4.91 Å². The summed E-state index contributed by atoms with van der Waals surface area (Å²) in [6, 6.07) is 0. The van der Waals surface area contributed by atoms with Crippen molar-refractivity contribution in [2.24, 2.45) is 0 Å². The van der Waals surface area contributed by atoms with Crippen LogP contribution in [0.5, 0.6) is 0 Å². The maximum atomic E-state index is 11.1. The smallest absolute Gasteiger partial charge is 0.185 e. The Morgan fingerprint density at radius 3 is 2.92 bits per heavy atom. The number of rotatable bonds is 3. The minimum Gasteiger partial charge on any atom is -0.185 e. The number of hydrogen-bond donors (Lipinski definition) is 1. The average molecular weight is 231 g/mol. The largest absolute Gasteiger partial charge is 0.276 e. The molecule has 0 saturated heterocycles. The molecule has 0 aromatic carbocycles. The number of thiocyanates is 2. The summed E-state index contributed by atoms with van der Waals surface area (Å²) in [4.78, 5) is 11.1. The molecular weight excluding hydrogens is 228 g/mol. The molecule has 0 unspecified atom stereocenters. The van der Waals surface area contributed by atoms with Crippen LogP contribution in [0.2, 0.25) is 0 Å². The van der Waals surface area contributed by atoms with Crippen LogP contribution in [0.1, 0.15) is 5.69 Å². The number of H-pyrrole nitrogens is 1. The Balaban J connectivity index is 2.91. The highest BCUT2D eigenvalue weighted by atomic mass is 32.2. The van der Waals surface area contributed by atoms with Crippen LogP contribution in [0.25, 0.3) is 0 Å². The molecule has 1 N–H and O–H groups in total. The molecular formula is C5H3N4OS3+. The van der Waals surface area contributed by atoms with Crippen molar-refractivity contribution in [1.29, 1.82) is 10.5 Å². The second kappa shape index (κ2) is 4.92.